The molecule has 156 valence electrons. The van der Waals surface area contributed by atoms with Crippen molar-refractivity contribution in [3.8, 4) is 0 Å². The summed E-state index contributed by atoms with van der Waals surface area (Å²) in [6.07, 6.45) is 4.40. The molecule has 0 radical (unpaired) electrons. The van der Waals surface area contributed by atoms with Crippen molar-refractivity contribution in [2.75, 3.05) is 24.7 Å². The predicted molar refractivity (Wildman–Crippen MR) is 116 cm³/mol. The molecule has 1 aliphatic heterocycles. The standard InChI is InChI=1S/C21H26N2O4S2/c1-16-9-10-19(14-20(16)29(26,27)23-11-4-3-5-12-23)22-21(24)18-8-6-7-17(13-18)15-28(2)25/h6-10,13-14H,3-5,11-12,15H2,1-2H3,(H,22,24). The Labute approximate surface area is 174 Å². The van der Waals surface area contributed by atoms with Crippen molar-refractivity contribution in [3.05, 3.63) is 59.2 Å². The fourth-order valence-electron chi connectivity index (χ4n) is 3.44. The van der Waals surface area contributed by atoms with Crippen LogP contribution < -0.4 is 5.32 Å². The zero-order valence-corrected chi connectivity index (χ0v) is 18.3. The number of carbonyl (C=O) groups is 1. The number of anilines is 1. The zero-order chi connectivity index (χ0) is 21.0. The molecule has 1 unspecified atom stereocenters. The van der Waals surface area contributed by atoms with E-state index in [1.165, 1.54) is 10.4 Å². The van der Waals surface area contributed by atoms with E-state index in [1.54, 1.807) is 43.5 Å². The second-order valence-corrected chi connectivity index (χ2v) is 10.7. The van der Waals surface area contributed by atoms with Crippen molar-refractivity contribution in [2.24, 2.45) is 0 Å². The smallest absolute Gasteiger partial charge is 0.255 e. The van der Waals surface area contributed by atoms with Gasteiger partial charge in [-0.15, -0.1) is 0 Å². The number of benzene rings is 2. The summed E-state index contributed by atoms with van der Waals surface area (Å²) in [4.78, 5) is 12.9. The van der Waals surface area contributed by atoms with E-state index in [4.69, 9.17) is 0 Å². The van der Waals surface area contributed by atoms with Crippen LogP contribution in [0.2, 0.25) is 0 Å². The first-order valence-electron chi connectivity index (χ1n) is 9.58. The average Bonchev–Trinajstić information content (AvgIpc) is 2.69. The number of aryl methyl sites for hydroxylation is 1. The number of piperidine rings is 1. The van der Waals surface area contributed by atoms with Gasteiger partial charge in [-0.1, -0.05) is 24.6 Å². The lowest BCUT2D eigenvalue weighted by atomic mass is 10.1. The Morgan fingerprint density at radius 2 is 1.83 bits per heavy atom. The molecule has 0 bridgehead atoms. The van der Waals surface area contributed by atoms with Crippen molar-refractivity contribution in [3.63, 3.8) is 0 Å². The maximum absolute atomic E-state index is 13.0. The number of nitrogens with one attached hydrogen (secondary N) is 1. The van der Waals surface area contributed by atoms with Gasteiger partial charge >= 0.3 is 0 Å². The molecule has 1 amide bonds. The van der Waals surface area contributed by atoms with E-state index in [2.05, 4.69) is 5.32 Å². The van der Waals surface area contributed by atoms with Gasteiger partial charge < -0.3 is 5.32 Å². The first kappa shape index (κ1) is 21.7. The van der Waals surface area contributed by atoms with Crippen LogP contribution in [0.3, 0.4) is 0 Å². The number of nitrogens with zero attached hydrogens (tertiary/aromatic N) is 1. The van der Waals surface area contributed by atoms with E-state index in [1.807, 2.05) is 6.07 Å². The van der Waals surface area contributed by atoms with Crippen LogP contribution in [0.25, 0.3) is 0 Å². The molecule has 1 aliphatic rings. The van der Waals surface area contributed by atoms with E-state index >= 15 is 0 Å². The number of hydrogen-bond acceptors (Lipinski definition) is 4. The second kappa shape index (κ2) is 9.19. The molecule has 29 heavy (non-hydrogen) atoms. The maximum atomic E-state index is 13.0. The highest BCUT2D eigenvalue weighted by atomic mass is 32.2. The summed E-state index contributed by atoms with van der Waals surface area (Å²) in [7, 11) is -4.59. The lowest BCUT2D eigenvalue weighted by Crippen LogP contribution is -2.36. The van der Waals surface area contributed by atoms with Crippen LogP contribution in [0.15, 0.2) is 47.4 Å². The van der Waals surface area contributed by atoms with E-state index in [0.29, 0.717) is 35.7 Å². The third-order valence-electron chi connectivity index (χ3n) is 4.94. The van der Waals surface area contributed by atoms with Crippen molar-refractivity contribution in [1.82, 2.24) is 4.31 Å². The second-order valence-electron chi connectivity index (χ2n) is 7.32. The van der Waals surface area contributed by atoms with Crippen molar-refractivity contribution >= 4 is 32.4 Å². The SMILES string of the molecule is Cc1ccc(NC(=O)c2cccc(CS(C)=O)c2)cc1S(=O)(=O)N1CCCCC1. The first-order chi connectivity index (χ1) is 13.8. The molecule has 0 aliphatic carbocycles. The Hall–Kier alpha value is -2.03. The molecule has 0 spiro atoms. The van der Waals surface area contributed by atoms with Crippen molar-refractivity contribution < 1.29 is 17.4 Å². The third-order valence-corrected chi connectivity index (χ3v) is 7.72. The first-order valence-corrected chi connectivity index (χ1v) is 12.8. The quantitative estimate of drug-likeness (QED) is 0.756. The molecule has 1 saturated heterocycles. The van der Waals surface area contributed by atoms with Gasteiger partial charge in [-0.25, -0.2) is 8.42 Å². The van der Waals surface area contributed by atoms with Crippen LogP contribution in [-0.4, -0.2) is 42.2 Å². The van der Waals surface area contributed by atoms with Crippen LogP contribution in [0.5, 0.6) is 0 Å². The van der Waals surface area contributed by atoms with Gasteiger partial charge in [-0.2, -0.15) is 4.31 Å². The minimum atomic E-state index is -3.59. The molecule has 8 heteroatoms. The summed E-state index contributed by atoms with van der Waals surface area (Å²) in [5.74, 6) is 0.0445. The molecule has 3 rings (SSSR count). The van der Waals surface area contributed by atoms with Gasteiger partial charge in [0.2, 0.25) is 10.0 Å². The normalized spacial score (nSPS) is 16.3. The summed E-state index contributed by atoms with van der Waals surface area (Å²) in [6, 6.07) is 11.9. The van der Waals surface area contributed by atoms with Crippen LogP contribution in [0, 0.1) is 6.92 Å². The Balaban J connectivity index is 1.83. The van der Waals surface area contributed by atoms with Crippen molar-refractivity contribution in [2.45, 2.75) is 36.8 Å². The Morgan fingerprint density at radius 3 is 2.52 bits per heavy atom. The van der Waals surface area contributed by atoms with E-state index in [9.17, 15) is 17.4 Å². The summed E-state index contributed by atoms with van der Waals surface area (Å²) < 4.78 is 39.1. The molecule has 1 atom stereocenters. The Morgan fingerprint density at radius 1 is 1.10 bits per heavy atom. The maximum Gasteiger partial charge on any atom is 0.255 e. The van der Waals surface area contributed by atoms with Crippen molar-refractivity contribution in [1.29, 1.82) is 0 Å². The summed E-state index contributed by atoms with van der Waals surface area (Å²) in [6.45, 7) is 2.82. The highest BCUT2D eigenvalue weighted by molar-refractivity contribution is 7.89. The molecule has 1 N–H and O–H groups in total. The zero-order valence-electron chi connectivity index (χ0n) is 16.7. The fourth-order valence-corrected chi connectivity index (χ4v) is 5.86. The van der Waals surface area contributed by atoms with Gasteiger partial charge in [0.1, 0.15) is 0 Å². The van der Waals surface area contributed by atoms with Gasteiger partial charge in [0.05, 0.1) is 4.90 Å². The molecular formula is C21H26N2O4S2. The minimum absolute atomic E-state index is 0.229. The van der Waals surface area contributed by atoms with Gasteiger partial charge in [0, 0.05) is 47.1 Å². The molecule has 1 heterocycles. The highest BCUT2D eigenvalue weighted by Gasteiger charge is 2.27. The minimum Gasteiger partial charge on any atom is -0.322 e. The summed E-state index contributed by atoms with van der Waals surface area (Å²) in [5.41, 5.74) is 2.34. The Bertz CT molecular complexity index is 1030. The van der Waals surface area contributed by atoms with Gasteiger partial charge in [0.25, 0.3) is 5.91 Å². The van der Waals surface area contributed by atoms with Crippen LogP contribution >= 0.6 is 0 Å². The molecule has 0 saturated carbocycles. The van der Waals surface area contributed by atoms with E-state index in [-0.39, 0.29) is 10.8 Å². The lowest BCUT2D eigenvalue weighted by Gasteiger charge is -2.26. The number of carbonyl (C=O) groups excluding carboxylic acids is 1. The van der Waals surface area contributed by atoms with Gasteiger partial charge in [-0.05, 0) is 55.2 Å². The summed E-state index contributed by atoms with van der Waals surface area (Å²) >= 11 is 0. The third kappa shape index (κ3) is 5.32. The largest absolute Gasteiger partial charge is 0.322 e. The topological polar surface area (TPSA) is 83.5 Å². The fraction of sp³-hybridized carbons (Fsp3) is 0.381. The molecule has 2 aromatic rings. The van der Waals surface area contributed by atoms with Crippen LogP contribution in [-0.2, 0) is 26.6 Å². The lowest BCUT2D eigenvalue weighted by molar-refractivity contribution is 0.102. The number of sulfonamides is 1. The molecule has 2 aromatic carbocycles. The number of amides is 1. The molecule has 0 aromatic heterocycles. The highest BCUT2D eigenvalue weighted by Crippen LogP contribution is 2.26. The average molecular weight is 435 g/mol. The Kier molecular flexibility index (Phi) is 6.87. The number of hydrogen-bond donors (Lipinski definition) is 1. The molecule has 1 fully saturated rings. The van der Waals surface area contributed by atoms with Crippen LogP contribution in [0.4, 0.5) is 5.69 Å². The van der Waals surface area contributed by atoms with E-state index in [0.717, 1.165) is 24.8 Å². The van der Waals surface area contributed by atoms with Crippen LogP contribution in [0.1, 0.15) is 40.7 Å². The molecule has 6 nitrogen and oxygen atoms in total. The number of rotatable bonds is 6. The predicted octanol–water partition coefficient (Wildman–Crippen LogP) is 3.30. The monoisotopic (exact) mass is 434 g/mol. The van der Waals surface area contributed by atoms with E-state index < -0.39 is 20.8 Å². The molecular weight excluding hydrogens is 408 g/mol. The summed E-state index contributed by atoms with van der Waals surface area (Å²) in [5, 5.41) is 2.78. The van der Waals surface area contributed by atoms with Gasteiger partial charge in [0.15, 0.2) is 0 Å². The van der Waals surface area contributed by atoms with Gasteiger partial charge in [-0.3, -0.25) is 9.00 Å².